The van der Waals surface area contributed by atoms with Gasteiger partial charge in [0.1, 0.15) is 0 Å². The van der Waals surface area contributed by atoms with Gasteiger partial charge in [0.25, 0.3) is 5.69 Å². The van der Waals surface area contributed by atoms with Gasteiger partial charge in [0.05, 0.1) is 15.5 Å². The van der Waals surface area contributed by atoms with Crippen molar-refractivity contribution in [3.8, 4) is 0 Å². The first-order valence-corrected chi connectivity index (χ1v) is 10.5. The third-order valence-electron chi connectivity index (χ3n) is 5.43. The molecule has 1 amide bonds. The molecular formula is C24H17ClF3N3O3. The lowest BCUT2D eigenvalue weighted by molar-refractivity contribution is -0.384. The van der Waals surface area contributed by atoms with E-state index in [1.807, 2.05) is 0 Å². The predicted molar refractivity (Wildman–Crippen MR) is 123 cm³/mol. The van der Waals surface area contributed by atoms with Crippen LogP contribution in [0.3, 0.4) is 0 Å². The van der Waals surface area contributed by atoms with Crippen molar-refractivity contribution in [2.24, 2.45) is 0 Å². The van der Waals surface area contributed by atoms with Crippen LogP contribution in [0.5, 0.6) is 0 Å². The smallest absolute Gasteiger partial charge is 0.361 e. The molecule has 0 bridgehead atoms. The van der Waals surface area contributed by atoms with Crippen molar-refractivity contribution < 1.29 is 22.9 Å². The van der Waals surface area contributed by atoms with Crippen molar-refractivity contribution in [3.05, 3.63) is 105 Å². The van der Waals surface area contributed by atoms with Crippen molar-refractivity contribution >= 4 is 39.8 Å². The molecule has 6 nitrogen and oxygen atoms in total. The molecule has 1 atom stereocenters. The molecule has 4 rings (SSSR count). The molecule has 0 spiro atoms. The molecule has 1 unspecified atom stereocenters. The Labute approximate surface area is 196 Å². The topological polar surface area (TPSA) is 88.0 Å². The van der Waals surface area contributed by atoms with E-state index in [-0.39, 0.29) is 17.7 Å². The normalized spacial score (nSPS) is 12.5. The number of nitro groups is 1. The van der Waals surface area contributed by atoms with E-state index >= 15 is 0 Å². The SMILES string of the molecule is O=C(CC(c1ccc(Cl)c(C(F)(F)F)c1)c1c[nH]c2ccc([N+](=O)[O-])cc12)Nc1ccccc1. The largest absolute Gasteiger partial charge is 0.417 e. The summed E-state index contributed by atoms with van der Waals surface area (Å²) in [6.07, 6.45) is -3.34. The first-order chi connectivity index (χ1) is 16.1. The third kappa shape index (κ3) is 4.89. The average Bonchev–Trinajstić information content (AvgIpc) is 3.21. The van der Waals surface area contributed by atoms with Gasteiger partial charge in [0, 0.05) is 47.3 Å². The highest BCUT2D eigenvalue weighted by Crippen LogP contribution is 2.40. The van der Waals surface area contributed by atoms with E-state index in [1.165, 1.54) is 24.3 Å². The molecule has 3 aromatic carbocycles. The number of hydrogen-bond acceptors (Lipinski definition) is 3. The fourth-order valence-electron chi connectivity index (χ4n) is 3.84. The van der Waals surface area contributed by atoms with Crippen molar-refractivity contribution in [2.45, 2.75) is 18.5 Å². The maximum absolute atomic E-state index is 13.5. The van der Waals surface area contributed by atoms with Crippen LogP contribution in [0.25, 0.3) is 10.9 Å². The summed E-state index contributed by atoms with van der Waals surface area (Å²) in [6, 6.07) is 16.3. The second kappa shape index (κ2) is 9.18. The number of aromatic amines is 1. The number of hydrogen-bond donors (Lipinski definition) is 2. The van der Waals surface area contributed by atoms with Crippen LogP contribution in [0.1, 0.15) is 29.0 Å². The van der Waals surface area contributed by atoms with Crippen LogP contribution in [0.15, 0.2) is 72.9 Å². The number of nitrogens with one attached hydrogen (secondary N) is 2. The minimum atomic E-state index is -4.69. The van der Waals surface area contributed by atoms with Crippen LogP contribution in [-0.2, 0) is 11.0 Å². The Balaban J connectivity index is 1.81. The number of alkyl halides is 3. The van der Waals surface area contributed by atoms with Crippen molar-refractivity contribution in [1.29, 1.82) is 0 Å². The van der Waals surface area contributed by atoms with Gasteiger partial charge in [-0.15, -0.1) is 0 Å². The number of halogens is 4. The van der Waals surface area contributed by atoms with E-state index in [1.54, 1.807) is 36.5 Å². The molecule has 0 aliphatic heterocycles. The maximum Gasteiger partial charge on any atom is 0.417 e. The first-order valence-electron chi connectivity index (χ1n) is 10.1. The molecule has 0 aliphatic carbocycles. The minimum absolute atomic E-state index is 0.173. The van der Waals surface area contributed by atoms with Gasteiger partial charge in [-0.05, 0) is 41.5 Å². The molecule has 0 saturated heterocycles. The van der Waals surface area contributed by atoms with Gasteiger partial charge in [-0.1, -0.05) is 35.9 Å². The molecule has 0 fully saturated rings. The Morgan fingerprint density at radius 2 is 1.82 bits per heavy atom. The summed E-state index contributed by atoms with van der Waals surface area (Å²) in [5, 5.41) is 14.0. The van der Waals surface area contributed by atoms with E-state index in [0.29, 0.717) is 22.2 Å². The van der Waals surface area contributed by atoms with E-state index in [9.17, 15) is 28.1 Å². The van der Waals surface area contributed by atoms with E-state index < -0.39 is 33.5 Å². The zero-order chi connectivity index (χ0) is 24.5. The summed E-state index contributed by atoms with van der Waals surface area (Å²) < 4.78 is 40.6. The molecule has 34 heavy (non-hydrogen) atoms. The first kappa shape index (κ1) is 23.3. The van der Waals surface area contributed by atoms with Gasteiger partial charge in [-0.25, -0.2) is 0 Å². The number of para-hydroxylation sites is 1. The fraction of sp³-hybridized carbons (Fsp3) is 0.125. The highest BCUT2D eigenvalue weighted by Gasteiger charge is 2.34. The van der Waals surface area contributed by atoms with Crippen molar-refractivity contribution in [1.82, 2.24) is 4.98 Å². The van der Waals surface area contributed by atoms with Crippen LogP contribution in [0.2, 0.25) is 5.02 Å². The van der Waals surface area contributed by atoms with Gasteiger partial charge in [-0.2, -0.15) is 13.2 Å². The molecule has 4 aromatic rings. The summed E-state index contributed by atoms with van der Waals surface area (Å²) in [5.41, 5.74) is 0.551. The molecule has 0 aliphatic rings. The molecule has 0 radical (unpaired) electrons. The number of anilines is 1. The molecular weight excluding hydrogens is 471 g/mol. The van der Waals surface area contributed by atoms with Crippen LogP contribution in [0.4, 0.5) is 24.5 Å². The molecule has 1 heterocycles. The second-order valence-corrected chi connectivity index (χ2v) is 8.05. The van der Waals surface area contributed by atoms with E-state index in [2.05, 4.69) is 10.3 Å². The molecule has 174 valence electrons. The number of amides is 1. The van der Waals surface area contributed by atoms with Gasteiger partial charge in [0.2, 0.25) is 5.91 Å². The summed E-state index contributed by atoms with van der Waals surface area (Å²) in [7, 11) is 0. The molecule has 1 aromatic heterocycles. The van der Waals surface area contributed by atoms with Crippen LogP contribution >= 0.6 is 11.6 Å². The summed E-state index contributed by atoms with van der Waals surface area (Å²) in [4.78, 5) is 26.6. The van der Waals surface area contributed by atoms with E-state index in [0.717, 1.165) is 12.1 Å². The van der Waals surface area contributed by atoms with Crippen molar-refractivity contribution in [2.75, 3.05) is 5.32 Å². The van der Waals surface area contributed by atoms with Crippen LogP contribution < -0.4 is 5.32 Å². The van der Waals surface area contributed by atoms with Gasteiger partial charge in [0.15, 0.2) is 0 Å². The Morgan fingerprint density at radius 3 is 2.50 bits per heavy atom. The number of rotatable bonds is 6. The van der Waals surface area contributed by atoms with Crippen LogP contribution in [-0.4, -0.2) is 15.8 Å². The Morgan fingerprint density at radius 1 is 1.09 bits per heavy atom. The highest BCUT2D eigenvalue weighted by molar-refractivity contribution is 6.31. The Kier molecular flexibility index (Phi) is 6.30. The average molecular weight is 488 g/mol. The maximum atomic E-state index is 13.5. The number of carbonyl (C=O) groups is 1. The number of benzene rings is 3. The van der Waals surface area contributed by atoms with Gasteiger partial charge < -0.3 is 10.3 Å². The fourth-order valence-corrected chi connectivity index (χ4v) is 4.06. The third-order valence-corrected chi connectivity index (χ3v) is 5.76. The van der Waals surface area contributed by atoms with Gasteiger partial charge >= 0.3 is 6.18 Å². The lowest BCUT2D eigenvalue weighted by atomic mass is 9.87. The number of aromatic nitrogens is 1. The number of carbonyl (C=O) groups excluding carboxylic acids is 1. The molecule has 0 saturated carbocycles. The Bertz CT molecular complexity index is 1370. The highest BCUT2D eigenvalue weighted by atomic mass is 35.5. The molecule has 10 heteroatoms. The zero-order valence-electron chi connectivity index (χ0n) is 17.4. The number of fused-ring (bicyclic) bond motifs is 1. The predicted octanol–water partition coefficient (Wildman–Crippen LogP) is 6.91. The quantitative estimate of drug-likeness (QED) is 0.229. The number of nitrogens with zero attached hydrogens (tertiary/aromatic N) is 1. The van der Waals surface area contributed by atoms with Crippen LogP contribution in [0, 0.1) is 10.1 Å². The summed E-state index contributed by atoms with van der Waals surface area (Å²) >= 11 is 5.79. The van der Waals surface area contributed by atoms with E-state index in [4.69, 9.17) is 11.6 Å². The Hall–Kier alpha value is -3.85. The standard InChI is InChI=1S/C24H17ClF3N3O3/c25-21-8-6-14(10-20(21)24(26,27)28)17(12-23(32)30-15-4-2-1-3-5-15)19-13-29-22-9-7-16(31(33)34)11-18(19)22/h1-11,13,17,29H,12H2,(H,30,32). The monoisotopic (exact) mass is 487 g/mol. The number of nitro benzene ring substituents is 1. The number of non-ortho nitro benzene ring substituents is 1. The second-order valence-electron chi connectivity index (χ2n) is 7.64. The summed E-state index contributed by atoms with van der Waals surface area (Å²) in [5.74, 6) is -1.27. The number of H-pyrrole nitrogens is 1. The minimum Gasteiger partial charge on any atom is -0.361 e. The summed E-state index contributed by atoms with van der Waals surface area (Å²) in [6.45, 7) is 0. The zero-order valence-corrected chi connectivity index (χ0v) is 18.2. The van der Waals surface area contributed by atoms with Crippen molar-refractivity contribution in [3.63, 3.8) is 0 Å². The molecule has 2 N–H and O–H groups in total. The lowest BCUT2D eigenvalue weighted by Gasteiger charge is -2.19. The van der Waals surface area contributed by atoms with Gasteiger partial charge in [-0.3, -0.25) is 14.9 Å². The lowest BCUT2D eigenvalue weighted by Crippen LogP contribution is -2.17.